The third-order valence-corrected chi connectivity index (χ3v) is 13.4. The number of aryl methyl sites for hydroxylation is 2. The number of imidazole rings is 2. The van der Waals surface area contributed by atoms with Crippen LogP contribution in [0.25, 0.3) is 33.5 Å². The van der Waals surface area contributed by atoms with Crippen LogP contribution in [0.3, 0.4) is 0 Å². The van der Waals surface area contributed by atoms with Crippen molar-refractivity contribution in [3.63, 3.8) is 0 Å². The van der Waals surface area contributed by atoms with E-state index < -0.39 is 0 Å². The number of hydrogen-bond acceptors (Lipinski definition) is 10. The Hall–Kier alpha value is -5.88. The summed E-state index contributed by atoms with van der Waals surface area (Å²) in [6.07, 6.45) is 16.2. The summed E-state index contributed by atoms with van der Waals surface area (Å²) in [7, 11) is 1.80. The van der Waals surface area contributed by atoms with Gasteiger partial charge in [-0.25, -0.2) is 9.97 Å². The maximum absolute atomic E-state index is 6.46. The van der Waals surface area contributed by atoms with Gasteiger partial charge in [-0.3, -0.25) is 10.0 Å². The van der Waals surface area contributed by atoms with Crippen LogP contribution in [-0.2, 0) is 25.9 Å². The van der Waals surface area contributed by atoms with Crippen molar-refractivity contribution in [2.45, 2.75) is 118 Å². The van der Waals surface area contributed by atoms with E-state index in [2.05, 4.69) is 118 Å². The molecule has 0 radical (unpaired) electrons. The molecule has 1 fully saturated rings. The van der Waals surface area contributed by atoms with Gasteiger partial charge in [0, 0.05) is 79.9 Å². The second kappa shape index (κ2) is 19.7. The van der Waals surface area contributed by atoms with E-state index in [1.807, 2.05) is 19.9 Å². The Morgan fingerprint density at radius 2 is 1.40 bits per heavy atom. The van der Waals surface area contributed by atoms with Gasteiger partial charge in [0.2, 0.25) is 11.9 Å². The van der Waals surface area contributed by atoms with Crippen molar-refractivity contribution in [1.29, 1.82) is 0 Å². The van der Waals surface area contributed by atoms with Gasteiger partial charge in [-0.1, -0.05) is 58.2 Å². The van der Waals surface area contributed by atoms with Crippen LogP contribution < -0.4 is 22.1 Å². The highest BCUT2D eigenvalue weighted by molar-refractivity contribution is 5.94. The largest absolute Gasteiger partial charge is 0.399 e. The Balaban J connectivity index is 1.37. The Labute approximate surface area is 375 Å². The molecule has 0 saturated heterocycles. The van der Waals surface area contributed by atoms with Crippen molar-refractivity contribution in [3.8, 4) is 0 Å². The Bertz CT molecular complexity index is 2520. The second-order valence-electron chi connectivity index (χ2n) is 17.8. The van der Waals surface area contributed by atoms with Gasteiger partial charge in [-0.2, -0.15) is 5.10 Å². The van der Waals surface area contributed by atoms with Gasteiger partial charge in [0.25, 0.3) is 0 Å². The lowest BCUT2D eigenvalue weighted by molar-refractivity contribution is 0.159. The number of hydrogen-bond donors (Lipinski definition) is 4. The van der Waals surface area contributed by atoms with Crippen molar-refractivity contribution in [2.24, 2.45) is 27.5 Å². The van der Waals surface area contributed by atoms with Gasteiger partial charge < -0.3 is 36.1 Å². The van der Waals surface area contributed by atoms with E-state index in [4.69, 9.17) is 26.5 Å². The lowest BCUT2D eigenvalue weighted by Crippen LogP contribution is -2.39. The van der Waals surface area contributed by atoms with Crippen LogP contribution in [0.5, 0.6) is 0 Å². The predicted octanol–water partition coefficient (Wildman–Crippen LogP) is 9.62. The standard InChI is InChI=1S/C51H70N12/c1-11-60(31-39-17-13-14-18-39)44-21-19-40-27-42(35(6)52)29-45-48(40)61(50(57-45)55-37(8)32(3)25-33(4)54-10)23-15-16-24-62-49-41(20-22-44)28-43(36(7)53)30-46(49)58-51(62)56-38(9)47-26-34(5)59-63(47)12-2/h15-16,25,27-30,39,44,47H,6-9,11-14,17-24,26,31,52-53H2,1-5,10H3,(H,55,57)(H,56,58)/b16-15+,32-25+,54-33-. The van der Waals surface area contributed by atoms with Crippen LogP contribution in [0.2, 0.25) is 0 Å². The molecule has 0 amide bonds. The number of hydrazone groups is 1. The summed E-state index contributed by atoms with van der Waals surface area (Å²) in [6, 6.07) is 8.99. The van der Waals surface area contributed by atoms with Crippen LogP contribution in [-0.4, -0.2) is 79.2 Å². The molecule has 1 aliphatic carbocycles. The minimum atomic E-state index is 0.0397. The normalized spacial score (nSPS) is 19.6. The minimum Gasteiger partial charge on any atom is -0.399 e. The predicted molar refractivity (Wildman–Crippen MR) is 267 cm³/mol. The quantitative estimate of drug-likeness (QED) is 0.0559. The number of rotatable bonds is 14. The summed E-state index contributed by atoms with van der Waals surface area (Å²) >= 11 is 0. The van der Waals surface area contributed by atoms with E-state index in [0.717, 1.165) is 131 Å². The molecule has 12 nitrogen and oxygen atoms in total. The van der Waals surface area contributed by atoms with Gasteiger partial charge in [-0.15, -0.1) is 0 Å². The average molecular weight is 851 g/mol. The molecule has 4 heterocycles. The van der Waals surface area contributed by atoms with Crippen molar-refractivity contribution in [1.82, 2.24) is 29.0 Å². The summed E-state index contributed by atoms with van der Waals surface area (Å²) in [5.41, 5.74) is 26.8. The second-order valence-corrected chi connectivity index (χ2v) is 17.8. The molecule has 334 valence electrons. The lowest BCUT2D eigenvalue weighted by Gasteiger charge is -2.33. The molecule has 12 heteroatoms. The van der Waals surface area contributed by atoms with E-state index in [1.54, 1.807) is 7.05 Å². The third kappa shape index (κ3) is 10.0. The van der Waals surface area contributed by atoms with Gasteiger partial charge >= 0.3 is 0 Å². The molecule has 2 atom stereocenters. The number of likely N-dealkylation sites (N-methyl/N-ethyl adjacent to an activating group) is 1. The fourth-order valence-electron chi connectivity index (χ4n) is 9.82. The van der Waals surface area contributed by atoms with E-state index >= 15 is 0 Å². The topological polar surface area (TPSA) is 143 Å². The van der Waals surface area contributed by atoms with Gasteiger partial charge in [0.15, 0.2) is 0 Å². The zero-order valence-corrected chi connectivity index (χ0v) is 38.7. The van der Waals surface area contributed by atoms with E-state index in [0.29, 0.717) is 30.5 Å². The fourth-order valence-corrected chi connectivity index (χ4v) is 9.82. The van der Waals surface area contributed by atoms with Gasteiger partial charge in [0.1, 0.15) is 0 Å². The van der Waals surface area contributed by atoms with Crippen molar-refractivity contribution in [2.75, 3.05) is 37.3 Å². The Morgan fingerprint density at radius 1 is 0.841 bits per heavy atom. The zero-order chi connectivity index (χ0) is 44.9. The van der Waals surface area contributed by atoms with Crippen molar-refractivity contribution >= 4 is 56.8 Å². The summed E-state index contributed by atoms with van der Waals surface area (Å²) in [6.45, 7) is 31.9. The Kier molecular flexibility index (Phi) is 14.1. The first kappa shape index (κ1) is 45.2. The molecule has 7 rings (SSSR count). The molecule has 2 unspecified atom stereocenters. The summed E-state index contributed by atoms with van der Waals surface area (Å²) < 4.78 is 4.59. The van der Waals surface area contributed by atoms with Gasteiger partial charge in [0.05, 0.1) is 28.1 Å². The van der Waals surface area contributed by atoms with Crippen LogP contribution in [0.1, 0.15) is 102 Å². The van der Waals surface area contributed by atoms with Crippen molar-refractivity contribution in [3.05, 3.63) is 108 Å². The van der Waals surface area contributed by atoms with E-state index in [9.17, 15) is 0 Å². The molecule has 2 aromatic heterocycles. The number of benzene rings is 2. The molecule has 2 aliphatic heterocycles. The highest BCUT2D eigenvalue weighted by Crippen LogP contribution is 2.34. The maximum Gasteiger partial charge on any atom is 0.208 e. The van der Waals surface area contributed by atoms with Crippen LogP contribution in [0.4, 0.5) is 11.9 Å². The molecule has 0 spiro atoms. The smallest absolute Gasteiger partial charge is 0.208 e. The first-order chi connectivity index (χ1) is 30.3. The summed E-state index contributed by atoms with van der Waals surface area (Å²) in [4.78, 5) is 17.6. The molecule has 63 heavy (non-hydrogen) atoms. The third-order valence-electron chi connectivity index (χ3n) is 13.4. The highest BCUT2D eigenvalue weighted by Gasteiger charge is 2.29. The highest BCUT2D eigenvalue weighted by atomic mass is 15.5. The number of nitrogens with zero attached hydrogens (tertiary/aromatic N) is 8. The van der Waals surface area contributed by atoms with Crippen molar-refractivity contribution < 1.29 is 0 Å². The number of aromatic nitrogens is 4. The van der Waals surface area contributed by atoms with E-state index in [-0.39, 0.29) is 6.04 Å². The summed E-state index contributed by atoms with van der Waals surface area (Å²) in [5, 5.41) is 14.2. The van der Waals surface area contributed by atoms with Crippen LogP contribution >= 0.6 is 0 Å². The number of anilines is 2. The monoisotopic (exact) mass is 851 g/mol. The molecular formula is C51H70N12. The Morgan fingerprint density at radius 3 is 1.90 bits per heavy atom. The SMILES string of the molecule is C=C(Nc1nc2cc(C(=C)N)cc3c2n1C/C=C/Cn1c(NC(=C)C2CC(C)=NN2CC)nc2cc(C(=C)N)cc(c21)CCC(N(CC)CC1CCCC1)CC3)/C(C)=C/C(C)=N\C. The first-order valence-electron chi connectivity index (χ1n) is 23.0. The number of aliphatic imine (C=N–C) groups is 1. The van der Waals surface area contributed by atoms with Crippen LogP contribution in [0, 0.1) is 5.92 Å². The molecule has 6 N–H and O–H groups in total. The fraction of sp³-hybridized carbons (Fsp3) is 0.451. The molecule has 0 bridgehead atoms. The van der Waals surface area contributed by atoms with Gasteiger partial charge in [-0.05, 0) is 137 Å². The lowest BCUT2D eigenvalue weighted by atomic mass is 9.94. The summed E-state index contributed by atoms with van der Waals surface area (Å²) in [5.74, 6) is 2.19. The molecule has 3 aliphatic rings. The minimum absolute atomic E-state index is 0.0397. The maximum atomic E-state index is 6.46. The number of allylic oxidation sites excluding steroid dienone is 4. The molecule has 4 aromatic rings. The number of nitrogens with two attached hydrogens (primary N) is 2. The van der Waals surface area contributed by atoms with Crippen LogP contribution in [0.15, 0.2) is 95.9 Å². The zero-order valence-electron chi connectivity index (χ0n) is 38.7. The average Bonchev–Trinajstić information content (AvgIpc) is 4.06. The number of nitrogens with one attached hydrogen (secondary N) is 2. The molecule has 1 saturated carbocycles. The molecule has 2 aromatic carbocycles. The first-order valence-corrected chi connectivity index (χ1v) is 23.0. The molecular weight excluding hydrogens is 781 g/mol. The van der Waals surface area contributed by atoms with E-state index in [1.165, 1.54) is 36.8 Å².